The predicted octanol–water partition coefficient (Wildman–Crippen LogP) is 0.827. The van der Waals surface area contributed by atoms with E-state index in [0.29, 0.717) is 0 Å². The molecule has 0 amide bonds. The van der Waals surface area contributed by atoms with Crippen molar-refractivity contribution in [3.63, 3.8) is 0 Å². The molecule has 0 aromatic carbocycles. The van der Waals surface area contributed by atoms with Crippen molar-refractivity contribution < 1.29 is 25.9 Å². The molecule has 0 aliphatic heterocycles. The van der Waals surface area contributed by atoms with E-state index < -0.39 is 0 Å². The van der Waals surface area contributed by atoms with E-state index in [2.05, 4.69) is 13.5 Å². The first-order chi connectivity index (χ1) is 1.41. The molecule has 2 heteroatoms. The minimum atomic E-state index is 0. The van der Waals surface area contributed by atoms with Crippen LogP contribution in [0.4, 0.5) is 0 Å². The van der Waals surface area contributed by atoms with E-state index in [-0.39, 0.29) is 25.9 Å². The molecule has 0 rings (SSSR count). The van der Waals surface area contributed by atoms with Gasteiger partial charge in [-0.2, -0.15) is 0 Å². The van der Waals surface area contributed by atoms with E-state index in [1.54, 1.807) is 0 Å². The van der Waals surface area contributed by atoms with Crippen molar-refractivity contribution in [1.29, 1.82) is 0 Å². The Labute approximate surface area is 46.0 Å². The Morgan fingerprint density at radius 2 is 1.60 bits per heavy atom. The van der Waals surface area contributed by atoms with Gasteiger partial charge >= 0.3 is 20.4 Å². The van der Waals surface area contributed by atoms with Crippen LogP contribution in [0.15, 0.2) is 12.7 Å². The summed E-state index contributed by atoms with van der Waals surface area (Å²) in [6.45, 7) is 6.50. The second-order valence-corrected chi connectivity index (χ2v) is 0.289. The fourth-order valence-electron chi connectivity index (χ4n) is 0. The van der Waals surface area contributed by atoms with E-state index >= 15 is 0 Å². The Hall–Kier alpha value is 0.232. The van der Waals surface area contributed by atoms with Crippen LogP contribution in [0.25, 0.3) is 0 Å². The molecule has 5 heavy (non-hydrogen) atoms. The first-order valence-corrected chi connectivity index (χ1v) is 0.816. The molecule has 0 aromatic rings. The SMILES string of the molecule is C=C[CH2-].[OH-].[Pd+2]. The summed E-state index contributed by atoms with van der Waals surface area (Å²) in [5.41, 5.74) is 0. The van der Waals surface area contributed by atoms with Gasteiger partial charge in [-0.05, 0) is 0 Å². The zero-order chi connectivity index (χ0) is 2.71. The summed E-state index contributed by atoms with van der Waals surface area (Å²) in [4.78, 5) is 0. The van der Waals surface area contributed by atoms with Crippen molar-refractivity contribution in [3.8, 4) is 0 Å². The molecule has 0 saturated heterocycles. The van der Waals surface area contributed by atoms with Gasteiger partial charge in [0.25, 0.3) is 0 Å². The molecule has 1 N–H and O–H groups in total. The average molecular weight is 164 g/mol. The monoisotopic (exact) mass is 164 g/mol. The molecule has 0 unspecified atom stereocenters. The Morgan fingerprint density at radius 1 is 1.60 bits per heavy atom. The maximum absolute atomic E-state index is 3.25. The van der Waals surface area contributed by atoms with Gasteiger partial charge in [0.05, 0.1) is 0 Å². The average Bonchev–Trinajstić information content (AvgIpc) is 0.918. The molecule has 0 aliphatic rings. The van der Waals surface area contributed by atoms with E-state index in [9.17, 15) is 0 Å². The van der Waals surface area contributed by atoms with Crippen molar-refractivity contribution >= 4 is 0 Å². The van der Waals surface area contributed by atoms with Gasteiger partial charge < -0.3 is 5.48 Å². The van der Waals surface area contributed by atoms with Gasteiger partial charge in [0.2, 0.25) is 0 Å². The third-order valence-corrected chi connectivity index (χ3v) is 0. The third-order valence-electron chi connectivity index (χ3n) is 0. The number of hydrogen-bond acceptors (Lipinski definition) is 1. The van der Waals surface area contributed by atoms with Gasteiger partial charge in [-0.15, -0.1) is 0 Å². The normalized spacial score (nSPS) is 2.40. The molecule has 0 bridgehead atoms. The van der Waals surface area contributed by atoms with Crippen LogP contribution < -0.4 is 0 Å². The topological polar surface area (TPSA) is 30.0 Å². The third kappa shape index (κ3) is 391. The molecule has 0 heterocycles. The quantitative estimate of drug-likeness (QED) is 0.385. The fraction of sp³-hybridized carbons (Fsp3) is 0. The molecule has 34 valence electrons. The Kier molecular flexibility index (Phi) is 110. The summed E-state index contributed by atoms with van der Waals surface area (Å²) >= 11 is 0. The minimum Gasteiger partial charge on any atom is -0.870 e. The Balaban J connectivity index is -0.0000000200. The van der Waals surface area contributed by atoms with Crippen molar-refractivity contribution in [1.82, 2.24) is 0 Å². The van der Waals surface area contributed by atoms with Crippen LogP contribution in [0.3, 0.4) is 0 Å². The van der Waals surface area contributed by atoms with Crippen molar-refractivity contribution in [3.05, 3.63) is 19.6 Å². The van der Waals surface area contributed by atoms with Gasteiger partial charge in [-0.25, -0.2) is 19.6 Å². The summed E-state index contributed by atoms with van der Waals surface area (Å²) < 4.78 is 0. The van der Waals surface area contributed by atoms with E-state index in [4.69, 9.17) is 0 Å². The van der Waals surface area contributed by atoms with Crippen LogP contribution in [0, 0.1) is 6.92 Å². The van der Waals surface area contributed by atoms with Crippen LogP contribution in [-0.2, 0) is 20.4 Å². The smallest absolute Gasteiger partial charge is 0.870 e. The van der Waals surface area contributed by atoms with Crippen molar-refractivity contribution in [2.24, 2.45) is 0 Å². The summed E-state index contributed by atoms with van der Waals surface area (Å²) in [7, 11) is 0. The first kappa shape index (κ1) is 18.8. The van der Waals surface area contributed by atoms with Crippen LogP contribution in [-0.4, -0.2) is 5.48 Å². The zero-order valence-electron chi connectivity index (χ0n) is 2.76. The van der Waals surface area contributed by atoms with E-state index in [1.807, 2.05) is 0 Å². The minimum absolute atomic E-state index is 0. The van der Waals surface area contributed by atoms with Crippen LogP contribution in [0.5, 0.6) is 0 Å². The van der Waals surface area contributed by atoms with Gasteiger partial charge in [0.15, 0.2) is 0 Å². The van der Waals surface area contributed by atoms with Crippen LogP contribution in [0.1, 0.15) is 0 Å². The Morgan fingerprint density at radius 3 is 1.60 bits per heavy atom. The molecular formula is C3H6OPd. The molecule has 0 saturated carbocycles. The van der Waals surface area contributed by atoms with Gasteiger partial charge in [-0.1, -0.05) is 0 Å². The van der Waals surface area contributed by atoms with E-state index in [0.717, 1.165) is 0 Å². The maximum atomic E-state index is 3.25. The van der Waals surface area contributed by atoms with Gasteiger partial charge in [0, 0.05) is 0 Å². The summed E-state index contributed by atoms with van der Waals surface area (Å²) in [6.07, 6.45) is 1.50. The second-order valence-electron chi connectivity index (χ2n) is 0.289. The molecule has 0 aromatic heterocycles. The number of rotatable bonds is 0. The zero-order valence-corrected chi connectivity index (χ0v) is 4.31. The number of hydrogen-bond donors (Lipinski definition) is 0. The molecule has 0 spiro atoms. The fourth-order valence-corrected chi connectivity index (χ4v) is 0. The molecule has 0 aliphatic carbocycles. The molecule has 0 fully saturated rings. The molecular weight excluding hydrogens is 158 g/mol. The van der Waals surface area contributed by atoms with Crippen molar-refractivity contribution in [2.75, 3.05) is 0 Å². The standard InChI is InChI=1S/C3H5.H2O.Pd/c1-3-2;;/h3H,1-2H2;1H2;/q-1;;+2/p-1. The Bertz CT molecular complexity index is 14.4. The van der Waals surface area contributed by atoms with Crippen LogP contribution >= 0.6 is 0 Å². The number of allylic oxidation sites excluding steroid dienone is 1. The van der Waals surface area contributed by atoms with Gasteiger partial charge in [0.1, 0.15) is 0 Å². The molecule has 1 nitrogen and oxygen atoms in total. The maximum Gasteiger partial charge on any atom is 2.00 e. The largest absolute Gasteiger partial charge is 2.00 e. The predicted molar refractivity (Wildman–Crippen MR) is 17.5 cm³/mol. The summed E-state index contributed by atoms with van der Waals surface area (Å²) in [5, 5.41) is 0. The molecule has 0 atom stereocenters. The molecule has 0 radical (unpaired) electrons. The van der Waals surface area contributed by atoms with Crippen molar-refractivity contribution in [2.45, 2.75) is 0 Å². The first-order valence-electron chi connectivity index (χ1n) is 0.816. The summed E-state index contributed by atoms with van der Waals surface area (Å²) in [5.74, 6) is 0. The van der Waals surface area contributed by atoms with Gasteiger partial charge in [-0.3, -0.25) is 0 Å². The van der Waals surface area contributed by atoms with Crippen LogP contribution in [0.2, 0.25) is 0 Å². The second kappa shape index (κ2) is 29.1. The van der Waals surface area contributed by atoms with E-state index in [1.165, 1.54) is 6.08 Å². The summed E-state index contributed by atoms with van der Waals surface area (Å²) in [6, 6.07) is 0.